The molecule has 1 aromatic heterocycles. The van der Waals surface area contributed by atoms with Gasteiger partial charge in [0.05, 0.1) is 16.0 Å². The van der Waals surface area contributed by atoms with Crippen LogP contribution in [-0.4, -0.2) is 27.7 Å². The van der Waals surface area contributed by atoms with Crippen molar-refractivity contribution in [2.75, 3.05) is 7.11 Å². The maximum atomic E-state index is 13.2. The Hall–Kier alpha value is -4.33. The van der Waals surface area contributed by atoms with Gasteiger partial charge in [-0.25, -0.2) is 4.84 Å². The monoisotopic (exact) mass is 491 g/mol. The molecule has 8 nitrogen and oxygen atoms in total. The molecule has 1 heterocycles. The molecule has 4 rings (SSSR count). The summed E-state index contributed by atoms with van der Waals surface area (Å²) in [6.07, 6.45) is 0. The minimum Gasteiger partial charge on any atom is -0.366 e. The van der Waals surface area contributed by atoms with E-state index >= 15 is 0 Å². The first-order chi connectivity index (χ1) is 17.5. The summed E-state index contributed by atoms with van der Waals surface area (Å²) < 4.78 is 1.13. The highest BCUT2D eigenvalue weighted by atomic mass is 16.8. The molecule has 0 fully saturated rings. The molecule has 1 amide bonds. The van der Waals surface area contributed by atoms with Crippen molar-refractivity contribution in [2.45, 2.75) is 41.5 Å². The molecule has 0 unspecified atom stereocenters. The summed E-state index contributed by atoms with van der Waals surface area (Å²) in [6, 6.07) is 20.6. The lowest BCUT2D eigenvalue weighted by Crippen LogP contribution is -2.24. The quantitative estimate of drug-likeness (QED) is 0.334. The first-order valence-electron chi connectivity index (χ1n) is 12.0. The van der Waals surface area contributed by atoms with Crippen molar-refractivity contribution in [1.82, 2.24) is 9.78 Å². The predicted molar refractivity (Wildman–Crippen MR) is 146 cm³/mol. The molecule has 0 saturated heterocycles. The summed E-state index contributed by atoms with van der Waals surface area (Å²) in [5.74, 6) is -0.712. The summed E-state index contributed by atoms with van der Waals surface area (Å²) in [5, 5.41) is 5.68. The lowest BCUT2D eigenvalue weighted by Gasteiger charge is -2.11. The minimum atomic E-state index is -0.712. The van der Waals surface area contributed by atoms with Gasteiger partial charge in [0.1, 0.15) is 0 Å². The van der Waals surface area contributed by atoms with Crippen LogP contribution in [0.2, 0.25) is 0 Å². The Morgan fingerprint density at radius 2 is 1.42 bits per heavy atom. The third-order valence-corrected chi connectivity index (χ3v) is 4.70. The fraction of sp³-hybridized carbons (Fsp3) is 0.250. The zero-order valence-electron chi connectivity index (χ0n) is 22.0. The molecule has 8 heteroatoms. The molecule has 0 aliphatic rings. The Morgan fingerprint density at radius 3 is 1.97 bits per heavy atom. The summed E-state index contributed by atoms with van der Waals surface area (Å²) >= 11 is 0. The van der Waals surface area contributed by atoms with Gasteiger partial charge in [-0.1, -0.05) is 90.1 Å². The van der Waals surface area contributed by atoms with Crippen LogP contribution in [0.3, 0.4) is 0 Å². The van der Waals surface area contributed by atoms with Gasteiger partial charge in [0.25, 0.3) is 10.5 Å². The SMILES string of the molecule is CC.CC.CC.CO[N+](=O)c1cc(C(N)=O)ccc1-n1nc(-c2ccccc2)c2ccccc2c1=O. The maximum Gasteiger partial charge on any atom is 0.343 e. The van der Waals surface area contributed by atoms with Gasteiger partial charge in [0.15, 0.2) is 12.8 Å². The second-order valence-electron chi connectivity index (χ2n) is 6.48. The van der Waals surface area contributed by atoms with Crippen molar-refractivity contribution < 1.29 is 14.6 Å². The summed E-state index contributed by atoms with van der Waals surface area (Å²) in [4.78, 5) is 42.1. The van der Waals surface area contributed by atoms with E-state index < -0.39 is 11.5 Å². The molecule has 190 valence electrons. The molecular weight excluding hydrogens is 456 g/mol. The second kappa shape index (κ2) is 14.8. The van der Waals surface area contributed by atoms with Crippen LogP contribution in [0.5, 0.6) is 0 Å². The first kappa shape index (κ1) is 29.7. The van der Waals surface area contributed by atoms with Crippen molar-refractivity contribution in [1.29, 1.82) is 0 Å². The zero-order chi connectivity index (χ0) is 27.3. The molecule has 0 atom stereocenters. The molecule has 0 aliphatic heterocycles. The van der Waals surface area contributed by atoms with Crippen LogP contribution >= 0.6 is 0 Å². The van der Waals surface area contributed by atoms with Crippen molar-refractivity contribution in [2.24, 2.45) is 5.73 Å². The van der Waals surface area contributed by atoms with Gasteiger partial charge in [0.2, 0.25) is 5.91 Å². The smallest absolute Gasteiger partial charge is 0.343 e. The summed E-state index contributed by atoms with van der Waals surface area (Å²) in [5.41, 5.74) is 6.49. The van der Waals surface area contributed by atoms with E-state index in [1.165, 1.54) is 25.3 Å². The number of nitrogens with zero attached hydrogens (tertiary/aromatic N) is 3. The van der Waals surface area contributed by atoms with E-state index in [1.807, 2.05) is 84.0 Å². The van der Waals surface area contributed by atoms with E-state index in [4.69, 9.17) is 10.6 Å². The number of carbonyl (C=O) groups excluding carboxylic acids is 1. The van der Waals surface area contributed by atoms with E-state index in [2.05, 4.69) is 5.10 Å². The number of hydrogen-bond donors (Lipinski definition) is 1. The predicted octanol–water partition coefficient (Wildman–Crippen LogP) is 6.20. The third-order valence-electron chi connectivity index (χ3n) is 4.70. The highest BCUT2D eigenvalue weighted by molar-refractivity contribution is 5.95. The number of fused-ring (bicyclic) bond motifs is 1. The molecule has 3 aromatic carbocycles. The minimum absolute atomic E-state index is 0.0716. The lowest BCUT2D eigenvalue weighted by atomic mass is 10.0. The average molecular weight is 492 g/mol. The summed E-state index contributed by atoms with van der Waals surface area (Å²) in [7, 11) is 1.18. The molecule has 2 N–H and O–H groups in total. The van der Waals surface area contributed by atoms with Gasteiger partial charge in [-0.05, 0) is 18.2 Å². The zero-order valence-corrected chi connectivity index (χ0v) is 22.0. The topological polar surface area (TPSA) is 107 Å². The van der Waals surface area contributed by atoms with E-state index in [1.54, 1.807) is 12.1 Å². The van der Waals surface area contributed by atoms with E-state index in [9.17, 15) is 14.5 Å². The number of hydrogen-bond acceptors (Lipinski definition) is 5. The van der Waals surface area contributed by atoms with Crippen molar-refractivity contribution >= 4 is 22.4 Å². The normalized spacial score (nSPS) is 9.42. The van der Waals surface area contributed by atoms with Gasteiger partial charge in [0, 0.05) is 22.6 Å². The molecule has 0 radical (unpaired) electrons. The maximum absolute atomic E-state index is 13.2. The van der Waals surface area contributed by atoms with E-state index in [-0.39, 0.29) is 21.9 Å². The van der Waals surface area contributed by atoms with Gasteiger partial charge in [-0.2, -0.15) is 9.78 Å². The van der Waals surface area contributed by atoms with Crippen LogP contribution in [0.15, 0.2) is 77.6 Å². The summed E-state index contributed by atoms with van der Waals surface area (Å²) in [6.45, 7) is 12.0. The fourth-order valence-electron chi connectivity index (χ4n) is 3.26. The molecule has 0 spiro atoms. The van der Waals surface area contributed by atoms with Gasteiger partial charge >= 0.3 is 5.69 Å². The van der Waals surface area contributed by atoms with Crippen LogP contribution < -0.4 is 11.3 Å². The van der Waals surface area contributed by atoms with Gasteiger partial charge < -0.3 is 5.73 Å². The lowest BCUT2D eigenvalue weighted by molar-refractivity contribution is -0.736. The Bertz CT molecular complexity index is 1350. The van der Waals surface area contributed by atoms with Gasteiger partial charge in [-0.15, -0.1) is 0 Å². The molecule has 0 bridgehead atoms. The molecule has 0 saturated carbocycles. The molecular formula is C28H35N4O4+. The van der Waals surface area contributed by atoms with Crippen LogP contribution in [0, 0.1) is 4.91 Å². The Balaban J connectivity index is 0.00000101. The standard InChI is InChI=1S/C22H16N4O4.3C2H6/c1-30-26(29)19-13-15(21(23)27)11-12-18(19)25-22(28)17-10-6-5-9-16(17)20(24-25)14-7-3-2-4-8-14;3*1-2/h2-13H,1H3,(H-,23,27);3*1-2H3/p+1. The van der Waals surface area contributed by atoms with Crippen LogP contribution in [-0.2, 0) is 4.84 Å². The number of benzene rings is 3. The number of nitrogens with two attached hydrogens (primary N) is 1. The molecule has 36 heavy (non-hydrogen) atoms. The number of carbonyl (C=O) groups is 1. The van der Waals surface area contributed by atoms with Crippen LogP contribution in [0.25, 0.3) is 27.7 Å². The largest absolute Gasteiger partial charge is 0.366 e. The van der Waals surface area contributed by atoms with Crippen molar-refractivity contribution in [3.05, 3.63) is 93.6 Å². The average Bonchev–Trinajstić information content (AvgIpc) is 2.96. The molecule has 0 aliphatic carbocycles. The van der Waals surface area contributed by atoms with E-state index in [0.29, 0.717) is 16.5 Å². The second-order valence-corrected chi connectivity index (χ2v) is 6.48. The Kier molecular flexibility index (Phi) is 12.2. The highest BCUT2D eigenvalue weighted by Crippen LogP contribution is 2.28. The Morgan fingerprint density at radius 1 is 0.861 bits per heavy atom. The number of rotatable bonds is 5. The Labute approximate surface area is 211 Å². The van der Waals surface area contributed by atoms with Crippen molar-refractivity contribution in [3.8, 4) is 16.9 Å². The number of amides is 1. The first-order valence-corrected chi connectivity index (χ1v) is 12.0. The van der Waals surface area contributed by atoms with Crippen LogP contribution in [0.4, 0.5) is 5.69 Å². The highest BCUT2D eigenvalue weighted by Gasteiger charge is 2.26. The third kappa shape index (κ3) is 6.41. The molecule has 4 aromatic rings. The fourth-order valence-corrected chi connectivity index (χ4v) is 3.26. The van der Waals surface area contributed by atoms with E-state index in [0.717, 1.165) is 10.2 Å². The van der Waals surface area contributed by atoms with Gasteiger partial charge in [-0.3, -0.25) is 9.59 Å². The number of primary amides is 1. The van der Waals surface area contributed by atoms with Crippen molar-refractivity contribution in [3.63, 3.8) is 0 Å². The van der Waals surface area contributed by atoms with Crippen LogP contribution in [0.1, 0.15) is 51.9 Å². The number of aromatic nitrogens is 2.